The van der Waals surface area contributed by atoms with Crippen molar-refractivity contribution in [1.29, 1.82) is 0 Å². The number of oxime groups is 1. The second-order valence-corrected chi connectivity index (χ2v) is 3.89. The molecule has 7 nitrogen and oxygen atoms in total. The van der Waals surface area contributed by atoms with Gasteiger partial charge in [-0.1, -0.05) is 23.4 Å². The van der Waals surface area contributed by atoms with E-state index in [1.165, 1.54) is 0 Å². The largest absolute Gasteiger partial charge is 0.488 e. The van der Waals surface area contributed by atoms with E-state index in [-0.39, 0.29) is 8.03 Å². The summed E-state index contributed by atoms with van der Waals surface area (Å²) in [6.07, 6.45) is 0. The number of ether oxygens (including phenoxy) is 2. The number of methoxy groups -OCH3 is 1. The van der Waals surface area contributed by atoms with Gasteiger partial charge in [0.2, 0.25) is 0 Å². The number of para-hydroxylation sites is 1. The van der Waals surface area contributed by atoms with Crippen molar-refractivity contribution in [2.75, 3.05) is 40.1 Å². The normalized spacial score (nSPS) is 10.6. The molecule has 0 aliphatic rings. The van der Waals surface area contributed by atoms with E-state index in [2.05, 4.69) is 9.89 Å². The Labute approximate surface area is 126 Å². The SMILES string of the molecule is C/C(COc1ccccc1)=N\OCCNO.COCCO.[HH]. The molecule has 1 aromatic rings. The first-order valence-electron chi connectivity index (χ1n) is 6.54. The van der Waals surface area contributed by atoms with Gasteiger partial charge in [-0.3, -0.25) is 0 Å². The van der Waals surface area contributed by atoms with Gasteiger partial charge < -0.3 is 24.6 Å². The van der Waals surface area contributed by atoms with Gasteiger partial charge in [0.15, 0.2) is 0 Å². The van der Waals surface area contributed by atoms with Crippen LogP contribution in [0.25, 0.3) is 0 Å². The number of nitrogens with zero attached hydrogens (tertiary/aromatic N) is 1. The van der Waals surface area contributed by atoms with Crippen molar-refractivity contribution in [2.24, 2.45) is 5.16 Å². The lowest BCUT2D eigenvalue weighted by Gasteiger charge is -2.05. The van der Waals surface area contributed by atoms with Crippen molar-refractivity contribution in [2.45, 2.75) is 6.92 Å². The van der Waals surface area contributed by atoms with Crippen molar-refractivity contribution < 1.29 is 26.1 Å². The molecule has 1 aromatic carbocycles. The summed E-state index contributed by atoms with van der Waals surface area (Å²) < 4.78 is 9.89. The Morgan fingerprint density at radius 1 is 1.29 bits per heavy atom. The van der Waals surface area contributed by atoms with Crippen molar-refractivity contribution in [3.05, 3.63) is 30.3 Å². The number of rotatable bonds is 9. The predicted molar refractivity (Wildman–Crippen MR) is 81.9 cm³/mol. The van der Waals surface area contributed by atoms with E-state index in [0.717, 1.165) is 11.5 Å². The molecular weight excluding hydrogens is 276 g/mol. The highest BCUT2D eigenvalue weighted by Gasteiger charge is 1.95. The summed E-state index contributed by atoms with van der Waals surface area (Å²) in [5.74, 6) is 0.800. The van der Waals surface area contributed by atoms with E-state index in [4.69, 9.17) is 19.9 Å². The zero-order valence-corrected chi connectivity index (χ0v) is 12.5. The number of benzene rings is 1. The number of aliphatic hydroxyl groups is 1. The summed E-state index contributed by atoms with van der Waals surface area (Å²) in [6, 6.07) is 9.50. The van der Waals surface area contributed by atoms with Crippen molar-refractivity contribution >= 4 is 5.71 Å². The van der Waals surface area contributed by atoms with Crippen LogP contribution in [0.3, 0.4) is 0 Å². The van der Waals surface area contributed by atoms with Crippen LogP contribution in [0.15, 0.2) is 35.5 Å². The Hall–Kier alpha value is -1.67. The Kier molecular flexibility index (Phi) is 13.6. The number of hydroxylamine groups is 1. The van der Waals surface area contributed by atoms with Crippen LogP contribution in [0.2, 0.25) is 0 Å². The summed E-state index contributed by atoms with van der Waals surface area (Å²) >= 11 is 0. The summed E-state index contributed by atoms with van der Waals surface area (Å²) in [5, 5.41) is 20.0. The van der Waals surface area contributed by atoms with Gasteiger partial charge in [0.05, 0.1) is 25.5 Å². The molecule has 0 radical (unpaired) electrons. The standard InChI is InChI=1S/C11H16N2O3.C3H8O2.H2/c1-10(13-16-8-7-12-14)9-15-11-5-3-2-4-6-11;1-5-3-2-4;/h2-6,12,14H,7-9H2,1H3;4H,2-3H2,1H3;1H/b13-10+;;. The first kappa shape index (κ1) is 19.3. The minimum Gasteiger partial charge on any atom is -0.488 e. The molecule has 0 heterocycles. The third-order valence-electron chi connectivity index (χ3n) is 2.01. The highest BCUT2D eigenvalue weighted by Crippen LogP contribution is 2.07. The summed E-state index contributed by atoms with van der Waals surface area (Å²) in [5.41, 5.74) is 2.71. The van der Waals surface area contributed by atoms with Crippen LogP contribution in [0.4, 0.5) is 0 Å². The molecule has 0 saturated heterocycles. The fraction of sp³-hybridized carbons (Fsp3) is 0.500. The second-order valence-electron chi connectivity index (χ2n) is 3.89. The maximum atomic E-state index is 8.28. The lowest BCUT2D eigenvalue weighted by atomic mass is 10.3. The highest BCUT2D eigenvalue weighted by molar-refractivity contribution is 5.82. The van der Waals surface area contributed by atoms with Crippen LogP contribution < -0.4 is 10.2 Å². The Morgan fingerprint density at radius 3 is 2.52 bits per heavy atom. The van der Waals surface area contributed by atoms with Gasteiger partial charge in [-0.15, -0.1) is 0 Å². The molecule has 0 spiro atoms. The van der Waals surface area contributed by atoms with E-state index < -0.39 is 0 Å². The van der Waals surface area contributed by atoms with E-state index in [1.54, 1.807) is 7.11 Å². The molecule has 0 saturated carbocycles. The van der Waals surface area contributed by atoms with Crippen LogP contribution >= 0.6 is 0 Å². The topological polar surface area (TPSA) is 92.5 Å². The van der Waals surface area contributed by atoms with E-state index in [1.807, 2.05) is 42.7 Å². The number of aliphatic hydroxyl groups excluding tert-OH is 1. The molecule has 1 rings (SSSR count). The van der Waals surface area contributed by atoms with Crippen LogP contribution in [-0.4, -0.2) is 56.1 Å². The predicted octanol–water partition coefficient (Wildman–Crippen LogP) is 1.31. The van der Waals surface area contributed by atoms with Gasteiger partial charge in [-0.25, -0.2) is 5.48 Å². The van der Waals surface area contributed by atoms with Gasteiger partial charge in [0, 0.05) is 8.54 Å². The molecule has 0 bridgehead atoms. The van der Waals surface area contributed by atoms with Crippen molar-refractivity contribution in [1.82, 2.24) is 5.48 Å². The minimum absolute atomic E-state index is 0. The van der Waals surface area contributed by atoms with Gasteiger partial charge in [0.25, 0.3) is 0 Å². The summed E-state index contributed by atoms with van der Waals surface area (Å²) in [7, 11) is 1.55. The molecule has 21 heavy (non-hydrogen) atoms. The quantitative estimate of drug-likeness (QED) is 0.362. The molecule has 0 fully saturated rings. The molecule has 0 amide bonds. The van der Waals surface area contributed by atoms with Crippen LogP contribution in [-0.2, 0) is 9.57 Å². The van der Waals surface area contributed by atoms with Crippen molar-refractivity contribution in [3.63, 3.8) is 0 Å². The van der Waals surface area contributed by atoms with Crippen LogP contribution in [0.5, 0.6) is 5.75 Å². The first-order chi connectivity index (χ1) is 10.2. The van der Waals surface area contributed by atoms with Crippen LogP contribution in [0, 0.1) is 0 Å². The van der Waals surface area contributed by atoms with Crippen molar-refractivity contribution in [3.8, 4) is 5.75 Å². The monoisotopic (exact) mass is 302 g/mol. The highest BCUT2D eigenvalue weighted by atomic mass is 16.6. The number of nitrogens with one attached hydrogen (secondary N) is 1. The molecular formula is C14H26N2O5. The zero-order chi connectivity index (χ0) is 15.8. The molecule has 0 aliphatic heterocycles. The van der Waals surface area contributed by atoms with Gasteiger partial charge >= 0.3 is 0 Å². The van der Waals surface area contributed by atoms with Crippen LogP contribution in [0.1, 0.15) is 8.35 Å². The lowest BCUT2D eigenvalue weighted by Crippen LogP contribution is -2.14. The summed E-state index contributed by atoms with van der Waals surface area (Å²) in [4.78, 5) is 4.91. The fourth-order valence-electron chi connectivity index (χ4n) is 1.07. The lowest BCUT2D eigenvalue weighted by molar-refractivity contribution is 0.0941. The first-order valence-corrected chi connectivity index (χ1v) is 6.54. The minimum atomic E-state index is 0. The molecule has 0 atom stereocenters. The van der Waals surface area contributed by atoms with E-state index in [9.17, 15) is 0 Å². The Bertz CT molecular complexity index is 364. The number of hydrogen-bond acceptors (Lipinski definition) is 7. The molecule has 0 aliphatic carbocycles. The second kappa shape index (κ2) is 14.7. The third kappa shape index (κ3) is 13.1. The molecule has 3 N–H and O–H groups in total. The average molecular weight is 302 g/mol. The van der Waals surface area contributed by atoms with Gasteiger partial charge in [-0.05, 0) is 19.1 Å². The molecule has 0 aromatic heterocycles. The Morgan fingerprint density at radius 2 is 2.00 bits per heavy atom. The average Bonchev–Trinajstić information content (AvgIpc) is 2.52. The van der Waals surface area contributed by atoms with Gasteiger partial charge in [-0.2, -0.15) is 0 Å². The maximum Gasteiger partial charge on any atom is 0.131 e. The fourth-order valence-corrected chi connectivity index (χ4v) is 1.07. The smallest absolute Gasteiger partial charge is 0.131 e. The van der Waals surface area contributed by atoms with Gasteiger partial charge in [0.1, 0.15) is 19.0 Å². The van der Waals surface area contributed by atoms with E-state index in [0.29, 0.717) is 26.4 Å². The maximum absolute atomic E-state index is 8.28. The summed E-state index contributed by atoms with van der Waals surface area (Å²) in [6.45, 7) is 3.43. The Balaban J connectivity index is 0. The molecule has 7 heteroatoms. The zero-order valence-electron chi connectivity index (χ0n) is 12.5. The third-order valence-corrected chi connectivity index (χ3v) is 2.01. The van der Waals surface area contributed by atoms with E-state index >= 15 is 0 Å². The molecule has 0 unspecified atom stereocenters. The molecule has 122 valence electrons. The number of hydrogen-bond donors (Lipinski definition) is 3.